The standard InChI is InChI=1S/C14H24N4O/c1-3-5-12-16-13(18-15)10(2)14(17-12)19-9-8-11-6-4-7-11/h11H,3-9,15H2,1-2H3,(H,16,17,18). The molecule has 0 radical (unpaired) electrons. The minimum atomic E-state index is 0.664. The molecule has 0 amide bonds. The summed E-state index contributed by atoms with van der Waals surface area (Å²) in [7, 11) is 0. The van der Waals surface area contributed by atoms with Crippen molar-refractivity contribution >= 4 is 5.82 Å². The molecule has 5 heteroatoms. The second kappa shape index (κ2) is 6.70. The Morgan fingerprint density at radius 1 is 1.37 bits per heavy atom. The van der Waals surface area contributed by atoms with Crippen molar-refractivity contribution in [2.45, 2.75) is 52.4 Å². The third-order valence-corrected chi connectivity index (χ3v) is 3.75. The number of rotatable bonds is 7. The normalized spacial score (nSPS) is 15.1. The van der Waals surface area contributed by atoms with Gasteiger partial charge in [-0.05, 0) is 25.7 Å². The summed E-state index contributed by atoms with van der Waals surface area (Å²) in [5.74, 6) is 8.47. The van der Waals surface area contributed by atoms with Gasteiger partial charge in [-0.15, -0.1) is 0 Å². The van der Waals surface area contributed by atoms with Gasteiger partial charge < -0.3 is 10.2 Å². The van der Waals surface area contributed by atoms with Crippen molar-refractivity contribution in [2.24, 2.45) is 11.8 Å². The van der Waals surface area contributed by atoms with E-state index in [-0.39, 0.29) is 0 Å². The molecule has 1 aliphatic carbocycles. The third kappa shape index (κ3) is 3.56. The Morgan fingerprint density at radius 3 is 2.74 bits per heavy atom. The number of aromatic nitrogens is 2. The predicted octanol–water partition coefficient (Wildman–Crippen LogP) is 2.59. The van der Waals surface area contributed by atoms with Crippen LogP contribution in [0.25, 0.3) is 0 Å². The number of nitrogens with two attached hydrogens (primary N) is 1. The van der Waals surface area contributed by atoms with E-state index in [4.69, 9.17) is 10.6 Å². The molecule has 2 rings (SSSR count). The molecule has 1 fully saturated rings. The van der Waals surface area contributed by atoms with Crippen LogP contribution >= 0.6 is 0 Å². The zero-order valence-electron chi connectivity index (χ0n) is 11.9. The molecule has 0 saturated heterocycles. The van der Waals surface area contributed by atoms with E-state index in [1.165, 1.54) is 19.3 Å². The predicted molar refractivity (Wildman–Crippen MR) is 76.0 cm³/mol. The molecule has 3 N–H and O–H groups in total. The Bertz CT molecular complexity index is 418. The van der Waals surface area contributed by atoms with Crippen LogP contribution in [0.5, 0.6) is 5.88 Å². The fraction of sp³-hybridized carbons (Fsp3) is 0.714. The number of anilines is 1. The Labute approximate surface area is 114 Å². The topological polar surface area (TPSA) is 73.1 Å². The monoisotopic (exact) mass is 264 g/mol. The van der Waals surface area contributed by atoms with Gasteiger partial charge in [-0.1, -0.05) is 26.2 Å². The van der Waals surface area contributed by atoms with Crippen LogP contribution in [0.3, 0.4) is 0 Å². The quantitative estimate of drug-likeness (QED) is 0.585. The van der Waals surface area contributed by atoms with E-state index in [2.05, 4.69) is 22.3 Å². The van der Waals surface area contributed by atoms with Crippen molar-refractivity contribution in [1.82, 2.24) is 9.97 Å². The van der Waals surface area contributed by atoms with E-state index in [1.807, 2.05) is 6.92 Å². The number of hydrogen-bond donors (Lipinski definition) is 2. The maximum atomic E-state index is 5.83. The summed E-state index contributed by atoms with van der Waals surface area (Å²) in [6, 6.07) is 0. The lowest BCUT2D eigenvalue weighted by molar-refractivity contribution is 0.216. The van der Waals surface area contributed by atoms with Crippen LogP contribution in [0.1, 0.15) is 50.4 Å². The van der Waals surface area contributed by atoms with Gasteiger partial charge in [-0.2, -0.15) is 4.98 Å². The highest BCUT2D eigenvalue weighted by Crippen LogP contribution is 2.30. The molecule has 0 aromatic carbocycles. The van der Waals surface area contributed by atoms with E-state index >= 15 is 0 Å². The lowest BCUT2D eigenvalue weighted by Gasteiger charge is -2.25. The Morgan fingerprint density at radius 2 is 2.16 bits per heavy atom. The average Bonchev–Trinajstić information content (AvgIpc) is 2.35. The molecule has 1 heterocycles. The van der Waals surface area contributed by atoms with Crippen LogP contribution in [0.4, 0.5) is 5.82 Å². The van der Waals surface area contributed by atoms with E-state index < -0.39 is 0 Å². The fourth-order valence-corrected chi connectivity index (χ4v) is 2.26. The van der Waals surface area contributed by atoms with Gasteiger partial charge in [0.15, 0.2) is 0 Å². The number of ether oxygens (including phenoxy) is 1. The van der Waals surface area contributed by atoms with Gasteiger partial charge in [0.25, 0.3) is 0 Å². The summed E-state index contributed by atoms with van der Waals surface area (Å²) < 4.78 is 5.83. The minimum Gasteiger partial charge on any atom is -0.477 e. The minimum absolute atomic E-state index is 0.664. The van der Waals surface area contributed by atoms with Crippen molar-refractivity contribution in [2.75, 3.05) is 12.0 Å². The number of nitrogens with one attached hydrogen (secondary N) is 1. The molecule has 1 aliphatic rings. The lowest BCUT2D eigenvalue weighted by atomic mass is 9.83. The van der Waals surface area contributed by atoms with Crippen LogP contribution in [0.2, 0.25) is 0 Å². The van der Waals surface area contributed by atoms with Gasteiger partial charge >= 0.3 is 0 Å². The van der Waals surface area contributed by atoms with E-state index in [1.54, 1.807) is 0 Å². The SMILES string of the molecule is CCCc1nc(NN)c(C)c(OCCC2CCC2)n1. The number of nitrogen functional groups attached to an aromatic ring is 1. The Balaban J connectivity index is 2.01. The molecule has 0 spiro atoms. The van der Waals surface area contributed by atoms with Crippen molar-refractivity contribution in [3.63, 3.8) is 0 Å². The van der Waals surface area contributed by atoms with E-state index in [0.717, 1.165) is 43.2 Å². The lowest BCUT2D eigenvalue weighted by Crippen LogP contribution is -2.17. The van der Waals surface area contributed by atoms with Crippen molar-refractivity contribution < 1.29 is 4.74 Å². The third-order valence-electron chi connectivity index (χ3n) is 3.75. The van der Waals surface area contributed by atoms with Crippen LogP contribution in [-0.4, -0.2) is 16.6 Å². The van der Waals surface area contributed by atoms with Gasteiger partial charge in [0.2, 0.25) is 5.88 Å². The molecule has 0 bridgehead atoms. The van der Waals surface area contributed by atoms with Gasteiger partial charge in [0.05, 0.1) is 12.2 Å². The molecule has 106 valence electrons. The Hall–Kier alpha value is -1.36. The highest BCUT2D eigenvalue weighted by atomic mass is 16.5. The first kappa shape index (κ1) is 14.1. The maximum absolute atomic E-state index is 5.83. The Kier molecular flexibility index (Phi) is 4.96. The van der Waals surface area contributed by atoms with Gasteiger partial charge in [0, 0.05) is 6.42 Å². The molecule has 0 aliphatic heterocycles. The average molecular weight is 264 g/mol. The van der Waals surface area contributed by atoms with Crippen LogP contribution in [0, 0.1) is 12.8 Å². The first-order valence-electron chi connectivity index (χ1n) is 7.21. The number of hydrazine groups is 1. The van der Waals surface area contributed by atoms with Crippen LogP contribution in [0.15, 0.2) is 0 Å². The summed E-state index contributed by atoms with van der Waals surface area (Å²) in [5, 5.41) is 0. The van der Waals surface area contributed by atoms with Crippen molar-refractivity contribution in [3.05, 3.63) is 11.4 Å². The second-order valence-electron chi connectivity index (χ2n) is 5.25. The first-order valence-corrected chi connectivity index (χ1v) is 7.21. The smallest absolute Gasteiger partial charge is 0.221 e. The van der Waals surface area contributed by atoms with Gasteiger partial charge in [-0.3, -0.25) is 0 Å². The molecule has 0 atom stereocenters. The molecule has 1 aromatic rings. The van der Waals surface area contributed by atoms with E-state index in [9.17, 15) is 0 Å². The first-order chi connectivity index (χ1) is 9.24. The van der Waals surface area contributed by atoms with Crippen molar-refractivity contribution in [1.29, 1.82) is 0 Å². The van der Waals surface area contributed by atoms with Gasteiger partial charge in [-0.25, -0.2) is 10.8 Å². The second-order valence-corrected chi connectivity index (χ2v) is 5.25. The molecular weight excluding hydrogens is 240 g/mol. The molecule has 19 heavy (non-hydrogen) atoms. The number of hydrogen-bond acceptors (Lipinski definition) is 5. The largest absolute Gasteiger partial charge is 0.477 e. The maximum Gasteiger partial charge on any atom is 0.221 e. The molecular formula is C14H24N4O. The summed E-state index contributed by atoms with van der Waals surface area (Å²) in [5.41, 5.74) is 3.51. The van der Waals surface area contributed by atoms with Gasteiger partial charge in [0.1, 0.15) is 11.6 Å². The van der Waals surface area contributed by atoms with Crippen LogP contribution in [-0.2, 0) is 6.42 Å². The molecule has 1 aromatic heterocycles. The summed E-state index contributed by atoms with van der Waals surface area (Å²) in [6.45, 7) is 4.78. The summed E-state index contributed by atoms with van der Waals surface area (Å²) in [4.78, 5) is 8.87. The van der Waals surface area contributed by atoms with E-state index in [0.29, 0.717) is 11.7 Å². The molecule has 1 saturated carbocycles. The number of nitrogens with zero attached hydrogens (tertiary/aromatic N) is 2. The summed E-state index contributed by atoms with van der Waals surface area (Å²) >= 11 is 0. The molecule has 0 unspecified atom stereocenters. The van der Waals surface area contributed by atoms with Crippen molar-refractivity contribution in [3.8, 4) is 5.88 Å². The fourth-order valence-electron chi connectivity index (χ4n) is 2.26. The summed E-state index contributed by atoms with van der Waals surface area (Å²) in [6.07, 6.45) is 7.05. The number of aryl methyl sites for hydroxylation is 1. The van der Waals surface area contributed by atoms with Crippen LogP contribution < -0.4 is 16.0 Å². The highest BCUT2D eigenvalue weighted by Gasteiger charge is 2.18. The molecule has 5 nitrogen and oxygen atoms in total. The highest BCUT2D eigenvalue weighted by molar-refractivity contribution is 5.47. The zero-order chi connectivity index (χ0) is 13.7. The zero-order valence-corrected chi connectivity index (χ0v) is 11.9.